The molecule has 0 spiro atoms. The molecule has 2 amide bonds. The second-order valence-electron chi connectivity index (χ2n) is 10.6. The molecule has 0 aromatic carbocycles. The molecule has 3 aromatic heterocycles. The van der Waals surface area contributed by atoms with Crippen molar-refractivity contribution >= 4 is 97.7 Å². The van der Waals surface area contributed by atoms with E-state index >= 15 is 0 Å². The minimum atomic E-state index is -2.58. The van der Waals surface area contributed by atoms with E-state index in [1.54, 1.807) is 30.9 Å². The van der Waals surface area contributed by atoms with Crippen LogP contribution in [-0.2, 0) is 23.9 Å². The monoisotopic (exact) mass is 1070 g/mol. The summed E-state index contributed by atoms with van der Waals surface area (Å²) >= 11 is 11.7. The summed E-state index contributed by atoms with van der Waals surface area (Å²) in [7, 11) is 6.04. The van der Waals surface area contributed by atoms with E-state index < -0.39 is 24.3 Å². The number of halogens is 3. The van der Waals surface area contributed by atoms with Gasteiger partial charge in [-0.2, -0.15) is 11.8 Å². The van der Waals surface area contributed by atoms with Crippen molar-refractivity contribution in [3.05, 3.63) is 63.0 Å². The zero-order valence-electron chi connectivity index (χ0n) is 30.3. The van der Waals surface area contributed by atoms with Crippen LogP contribution < -0.4 is 3.78 Å². The topological polar surface area (TPSA) is 136 Å². The number of rotatable bonds is 15. The molecule has 290 valence electrons. The number of hydrogen-bond donors (Lipinski definition) is 1. The standard InChI is InChI=1S/C7H8BrNO3.C7H8NO3.C5H3BrO3.3C4H9.C2H6S.BrH.Cu.Sn/c1-9(11-2)7(10)5-3-4-6(8)12-5;1-8(10-2)7(9)6-4-3-5-11-6;6-4-2-1-3(9-4)5(7)8;3*1-3-4-2;1-3-2;;;/h3-4H,1-2H3;3-4H,1-2H3;1-2H,(H,7,8);3*1,3-4H2,2H3;1-2H3;1H;;/q;;;;;;;;+1;/p-1. The number of thioether (sulfide) groups is 1. The van der Waals surface area contributed by atoms with Gasteiger partial charge in [0.2, 0.25) is 5.76 Å². The fourth-order valence-corrected chi connectivity index (χ4v) is 20.2. The van der Waals surface area contributed by atoms with Crippen LogP contribution in [0, 0.1) is 0 Å². The van der Waals surface area contributed by atoms with E-state index in [0.29, 0.717) is 15.1 Å². The van der Waals surface area contributed by atoms with Crippen LogP contribution in [0.4, 0.5) is 0 Å². The van der Waals surface area contributed by atoms with Crippen LogP contribution in [0.2, 0.25) is 13.3 Å². The summed E-state index contributed by atoms with van der Waals surface area (Å²) in [6.07, 6.45) is 11.6. The third-order valence-corrected chi connectivity index (χ3v) is 22.9. The summed E-state index contributed by atoms with van der Waals surface area (Å²) in [5.74, 6) is -0.970. The molecule has 0 atom stereocenters. The van der Waals surface area contributed by atoms with Crippen molar-refractivity contribution in [3.63, 3.8) is 0 Å². The van der Waals surface area contributed by atoms with Crippen LogP contribution >= 0.6 is 57.7 Å². The van der Waals surface area contributed by atoms with Crippen LogP contribution in [0.1, 0.15) is 91.0 Å². The van der Waals surface area contributed by atoms with Gasteiger partial charge in [0.1, 0.15) is 0 Å². The molecule has 3 rings (SSSR count). The van der Waals surface area contributed by atoms with Crippen LogP contribution in [0.3, 0.4) is 0 Å². The first-order valence-corrected chi connectivity index (χ1v) is 28.8. The number of carboxylic acid groups (broad SMARTS) is 1. The molecule has 0 saturated carbocycles. The maximum absolute atomic E-state index is 12.3. The minimum absolute atomic E-state index is 0.0538. The Morgan fingerprint density at radius 1 is 0.720 bits per heavy atom. The summed E-state index contributed by atoms with van der Waals surface area (Å²) < 4.78 is 22.0. The quantitative estimate of drug-likeness (QED) is 0.116. The van der Waals surface area contributed by atoms with E-state index in [9.17, 15) is 14.4 Å². The van der Waals surface area contributed by atoms with Gasteiger partial charge >= 0.3 is 192 Å². The third kappa shape index (κ3) is 19.9. The Balaban J connectivity index is 0. The molecule has 0 radical (unpaired) electrons. The molecular weight excluding hydrogens is 1020 g/mol. The van der Waals surface area contributed by atoms with E-state index in [2.05, 4.69) is 96.3 Å². The number of carboxylic acids is 1. The fourth-order valence-electron chi connectivity index (χ4n) is 4.36. The van der Waals surface area contributed by atoms with Crippen LogP contribution in [-0.4, -0.2) is 92.2 Å². The van der Waals surface area contributed by atoms with Crippen molar-refractivity contribution in [2.45, 2.75) is 72.6 Å². The first kappa shape index (κ1) is 51.4. The SMILES string of the molecule is CCC[CH2][Sn]([CH2]CCC)([CH2]CCC)[c]1ccc(C(=O)N(C)OC)o1.CON(C)C(=O)c1ccc(Br)o1.CSC.O=C(O)c1ccc(Br)o1.[Cu][Br]. The van der Waals surface area contributed by atoms with E-state index in [-0.39, 0.29) is 23.3 Å². The number of hydrogen-bond acceptors (Lipinski definition) is 9. The second kappa shape index (κ2) is 30.7. The van der Waals surface area contributed by atoms with Crippen molar-refractivity contribution in [3.8, 4) is 0 Å². The summed E-state index contributed by atoms with van der Waals surface area (Å²) in [6, 6.07) is 10.1. The average molecular weight is 1070 g/mol. The predicted molar refractivity (Wildman–Crippen MR) is 210 cm³/mol. The van der Waals surface area contributed by atoms with Crippen molar-refractivity contribution < 1.29 is 56.6 Å². The van der Waals surface area contributed by atoms with Gasteiger partial charge in [0.05, 0.1) is 7.11 Å². The number of nitrogens with zero attached hydrogens (tertiary/aromatic N) is 2. The number of furan rings is 3. The molecular formula is C33H52Br3CuN2O9SSn. The van der Waals surface area contributed by atoms with Crippen molar-refractivity contribution in [2.75, 3.05) is 40.8 Å². The van der Waals surface area contributed by atoms with Crippen LogP contribution in [0.5, 0.6) is 0 Å². The summed E-state index contributed by atoms with van der Waals surface area (Å²) in [5, 5.41) is 10.6. The van der Waals surface area contributed by atoms with Gasteiger partial charge < -0.3 is 13.9 Å². The van der Waals surface area contributed by atoms with Gasteiger partial charge in [0, 0.05) is 7.05 Å². The molecule has 0 bridgehead atoms. The number of hydroxylamine groups is 4. The normalized spacial score (nSPS) is 10.2. The molecule has 3 aromatic rings. The molecule has 11 nitrogen and oxygen atoms in total. The zero-order chi connectivity index (χ0) is 38.7. The summed E-state index contributed by atoms with van der Waals surface area (Å²) in [5.41, 5.74) is 0. The van der Waals surface area contributed by atoms with E-state index in [4.69, 9.17) is 18.8 Å². The van der Waals surface area contributed by atoms with Gasteiger partial charge in [-0.1, -0.05) is 0 Å². The average Bonchev–Trinajstić information content (AvgIpc) is 3.90. The Morgan fingerprint density at radius 2 is 1.06 bits per heavy atom. The number of aromatic carboxylic acids is 1. The van der Waals surface area contributed by atoms with Crippen molar-refractivity contribution in [1.82, 2.24) is 10.1 Å². The molecule has 0 fully saturated rings. The molecule has 1 N–H and O–H groups in total. The Kier molecular flexibility index (Phi) is 31.6. The van der Waals surface area contributed by atoms with E-state index in [0.717, 1.165) is 5.06 Å². The molecule has 3 heterocycles. The molecule has 0 aliphatic rings. The summed E-state index contributed by atoms with van der Waals surface area (Å²) in [6.45, 7) is 6.79. The van der Waals surface area contributed by atoms with Gasteiger partial charge in [0.15, 0.2) is 15.1 Å². The second-order valence-corrected chi connectivity index (χ2v) is 26.0. The van der Waals surface area contributed by atoms with Gasteiger partial charge in [-0.15, -0.1) is 0 Å². The van der Waals surface area contributed by atoms with Crippen LogP contribution in [0.25, 0.3) is 0 Å². The third-order valence-electron chi connectivity index (χ3n) is 7.05. The van der Waals surface area contributed by atoms with Gasteiger partial charge in [-0.05, 0) is 68.6 Å². The summed E-state index contributed by atoms with van der Waals surface area (Å²) in [4.78, 5) is 43.3. The van der Waals surface area contributed by atoms with E-state index in [1.165, 1.54) is 94.1 Å². The Bertz CT molecular complexity index is 1320. The predicted octanol–water partition coefficient (Wildman–Crippen LogP) is 10.2. The van der Waals surface area contributed by atoms with Gasteiger partial charge in [-0.25, -0.2) is 9.86 Å². The van der Waals surface area contributed by atoms with Crippen molar-refractivity contribution in [1.29, 1.82) is 0 Å². The fraction of sp³-hybridized carbons (Fsp3) is 0.545. The Hall–Kier alpha value is -0.722. The van der Waals surface area contributed by atoms with Crippen LogP contribution in [0.15, 0.2) is 59.0 Å². The molecule has 0 aliphatic heterocycles. The molecule has 50 heavy (non-hydrogen) atoms. The molecule has 0 unspecified atom stereocenters. The molecule has 0 aliphatic carbocycles. The van der Waals surface area contributed by atoms with Crippen molar-refractivity contribution in [2.24, 2.45) is 0 Å². The van der Waals surface area contributed by atoms with E-state index in [1.807, 2.05) is 18.6 Å². The first-order valence-electron chi connectivity index (χ1n) is 15.8. The maximum atomic E-state index is 12.3. The molecule has 17 heteroatoms. The zero-order valence-corrected chi connectivity index (χ0v) is 39.6. The van der Waals surface area contributed by atoms with Gasteiger partial charge in [0.25, 0.3) is 0 Å². The van der Waals surface area contributed by atoms with Gasteiger partial charge in [-0.3, -0.25) is 9.63 Å². The Labute approximate surface area is 337 Å². The molecule has 0 saturated heterocycles. The first-order chi connectivity index (χ1) is 23.8. The Morgan fingerprint density at radius 3 is 1.34 bits per heavy atom. The number of amides is 2. The number of unbranched alkanes of at least 4 members (excludes halogenated alkanes) is 3. The number of carbonyl (C=O) groups excluding carboxylic acids is 2. The number of carbonyl (C=O) groups is 3.